The van der Waals surface area contributed by atoms with Crippen molar-refractivity contribution < 1.29 is 9.84 Å². The molecule has 0 spiro atoms. The molecule has 4 nitrogen and oxygen atoms in total. The molecule has 0 aliphatic rings. The number of rotatable bonds is 6. The van der Waals surface area contributed by atoms with E-state index >= 15 is 0 Å². The van der Waals surface area contributed by atoms with E-state index in [2.05, 4.69) is 61.5 Å². The third-order valence-corrected chi connectivity index (χ3v) is 4.70. The Bertz CT molecular complexity index is 897. The van der Waals surface area contributed by atoms with Crippen LogP contribution in [0.4, 0.5) is 0 Å². The summed E-state index contributed by atoms with van der Waals surface area (Å²) in [5.74, 6) is 1.65. The SMILES string of the molecule is Cc1ccc(OCCCn2c(CO)nc3cc(C)c(C)cc32)c(C)c1. The predicted molar refractivity (Wildman–Crippen MR) is 101 cm³/mol. The van der Waals surface area contributed by atoms with E-state index in [4.69, 9.17) is 4.74 Å². The number of hydrogen-bond donors (Lipinski definition) is 1. The van der Waals surface area contributed by atoms with Gasteiger partial charge in [-0.15, -0.1) is 0 Å². The highest BCUT2D eigenvalue weighted by Gasteiger charge is 2.11. The van der Waals surface area contributed by atoms with Crippen molar-refractivity contribution in [2.45, 2.75) is 47.3 Å². The molecule has 1 aromatic heterocycles. The molecule has 0 fully saturated rings. The quantitative estimate of drug-likeness (QED) is 0.684. The van der Waals surface area contributed by atoms with Crippen LogP contribution in [0.25, 0.3) is 11.0 Å². The molecule has 0 radical (unpaired) electrons. The van der Waals surface area contributed by atoms with Crippen LogP contribution in [0.15, 0.2) is 30.3 Å². The Morgan fingerprint density at radius 3 is 2.48 bits per heavy atom. The van der Waals surface area contributed by atoms with Gasteiger partial charge in [-0.3, -0.25) is 0 Å². The smallest absolute Gasteiger partial charge is 0.135 e. The summed E-state index contributed by atoms with van der Waals surface area (Å²) in [5.41, 5.74) is 6.90. The van der Waals surface area contributed by atoms with Crippen LogP contribution in [0.5, 0.6) is 5.75 Å². The predicted octanol–water partition coefficient (Wildman–Crippen LogP) is 4.23. The first-order valence-corrected chi connectivity index (χ1v) is 8.77. The second-order valence-corrected chi connectivity index (χ2v) is 6.73. The fraction of sp³-hybridized carbons (Fsp3) is 0.381. The number of hydrogen-bond acceptors (Lipinski definition) is 3. The van der Waals surface area contributed by atoms with E-state index in [0.29, 0.717) is 12.4 Å². The summed E-state index contributed by atoms with van der Waals surface area (Å²) in [6, 6.07) is 10.5. The Kier molecular flexibility index (Phi) is 5.09. The van der Waals surface area contributed by atoms with E-state index in [9.17, 15) is 5.11 Å². The molecule has 0 atom stereocenters. The molecule has 132 valence electrons. The van der Waals surface area contributed by atoms with Crippen LogP contribution >= 0.6 is 0 Å². The molecule has 0 saturated heterocycles. The molecule has 1 heterocycles. The van der Waals surface area contributed by atoms with Crippen LogP contribution in [0.2, 0.25) is 0 Å². The molecule has 0 aliphatic carbocycles. The molecular formula is C21H26N2O2. The maximum absolute atomic E-state index is 9.64. The average molecular weight is 338 g/mol. The van der Waals surface area contributed by atoms with E-state index in [1.54, 1.807) is 0 Å². The number of aliphatic hydroxyl groups excluding tert-OH is 1. The summed E-state index contributed by atoms with van der Waals surface area (Å²) in [7, 11) is 0. The van der Waals surface area contributed by atoms with Gasteiger partial charge in [0.2, 0.25) is 0 Å². The standard InChI is InChI=1S/C21H26N2O2/c1-14-6-7-20(17(4)10-14)25-9-5-8-23-19-12-16(3)15(2)11-18(19)22-21(23)13-24/h6-7,10-12,24H,5,8-9,13H2,1-4H3. The van der Waals surface area contributed by atoms with Crippen LogP contribution in [0.3, 0.4) is 0 Å². The first-order valence-electron chi connectivity index (χ1n) is 8.77. The van der Waals surface area contributed by atoms with Gasteiger partial charge in [-0.2, -0.15) is 0 Å². The maximum Gasteiger partial charge on any atom is 0.135 e. The Morgan fingerprint density at radius 1 is 1.00 bits per heavy atom. The topological polar surface area (TPSA) is 47.3 Å². The maximum atomic E-state index is 9.64. The Hall–Kier alpha value is -2.33. The second-order valence-electron chi connectivity index (χ2n) is 6.73. The van der Waals surface area contributed by atoms with Gasteiger partial charge in [-0.05, 0) is 69.0 Å². The second kappa shape index (κ2) is 7.28. The lowest BCUT2D eigenvalue weighted by atomic mass is 10.1. The molecule has 0 aliphatic heterocycles. The van der Waals surface area contributed by atoms with Gasteiger partial charge in [-0.1, -0.05) is 17.7 Å². The van der Waals surface area contributed by atoms with Crippen molar-refractivity contribution >= 4 is 11.0 Å². The summed E-state index contributed by atoms with van der Waals surface area (Å²) >= 11 is 0. The molecule has 25 heavy (non-hydrogen) atoms. The van der Waals surface area contributed by atoms with E-state index < -0.39 is 0 Å². The number of benzene rings is 2. The van der Waals surface area contributed by atoms with Gasteiger partial charge in [0.1, 0.15) is 18.2 Å². The first-order chi connectivity index (χ1) is 12.0. The lowest BCUT2D eigenvalue weighted by Crippen LogP contribution is -2.08. The van der Waals surface area contributed by atoms with Crippen molar-refractivity contribution in [2.24, 2.45) is 0 Å². The molecule has 0 amide bonds. The summed E-state index contributed by atoms with van der Waals surface area (Å²) in [6.07, 6.45) is 0.860. The van der Waals surface area contributed by atoms with Crippen molar-refractivity contribution in [3.05, 3.63) is 58.4 Å². The summed E-state index contributed by atoms with van der Waals surface area (Å²) in [6.45, 7) is 9.71. The van der Waals surface area contributed by atoms with E-state index in [1.807, 2.05) is 6.07 Å². The number of imidazole rings is 1. The molecule has 4 heteroatoms. The van der Waals surface area contributed by atoms with Gasteiger partial charge in [0.05, 0.1) is 17.6 Å². The minimum Gasteiger partial charge on any atom is -0.493 e. The average Bonchev–Trinajstić information content (AvgIpc) is 2.90. The van der Waals surface area contributed by atoms with Gasteiger partial charge in [0.15, 0.2) is 0 Å². The molecule has 1 N–H and O–H groups in total. The Labute approximate surface area is 149 Å². The lowest BCUT2D eigenvalue weighted by molar-refractivity contribution is 0.261. The van der Waals surface area contributed by atoms with Gasteiger partial charge in [0.25, 0.3) is 0 Å². The molecule has 3 rings (SSSR count). The highest BCUT2D eigenvalue weighted by atomic mass is 16.5. The highest BCUT2D eigenvalue weighted by Crippen LogP contribution is 2.22. The van der Waals surface area contributed by atoms with Crippen molar-refractivity contribution in [2.75, 3.05) is 6.61 Å². The van der Waals surface area contributed by atoms with Gasteiger partial charge in [-0.25, -0.2) is 4.98 Å². The normalized spacial score (nSPS) is 11.2. The van der Waals surface area contributed by atoms with E-state index in [-0.39, 0.29) is 6.61 Å². The van der Waals surface area contributed by atoms with Gasteiger partial charge >= 0.3 is 0 Å². The van der Waals surface area contributed by atoms with Crippen LogP contribution in [-0.2, 0) is 13.2 Å². The Morgan fingerprint density at radius 2 is 1.76 bits per heavy atom. The van der Waals surface area contributed by atoms with Crippen molar-refractivity contribution in [1.29, 1.82) is 0 Å². The molecule has 3 aromatic rings. The zero-order chi connectivity index (χ0) is 18.0. The minimum absolute atomic E-state index is 0.0509. The minimum atomic E-state index is -0.0509. The third-order valence-electron chi connectivity index (χ3n) is 4.70. The van der Waals surface area contributed by atoms with Crippen LogP contribution in [0.1, 0.15) is 34.5 Å². The van der Waals surface area contributed by atoms with Gasteiger partial charge in [0, 0.05) is 6.54 Å². The fourth-order valence-corrected chi connectivity index (χ4v) is 3.17. The monoisotopic (exact) mass is 338 g/mol. The van der Waals surface area contributed by atoms with Crippen molar-refractivity contribution in [3.63, 3.8) is 0 Å². The van der Waals surface area contributed by atoms with Crippen LogP contribution in [0, 0.1) is 27.7 Å². The molecular weight excluding hydrogens is 312 g/mol. The van der Waals surface area contributed by atoms with Crippen LogP contribution in [-0.4, -0.2) is 21.3 Å². The first kappa shape index (κ1) is 17.5. The van der Waals surface area contributed by atoms with Crippen LogP contribution < -0.4 is 4.74 Å². The molecule has 0 saturated carbocycles. The summed E-state index contributed by atoms with van der Waals surface area (Å²) in [5, 5.41) is 9.64. The zero-order valence-corrected chi connectivity index (χ0v) is 15.5. The summed E-state index contributed by atoms with van der Waals surface area (Å²) < 4.78 is 8.03. The number of aromatic nitrogens is 2. The Balaban J connectivity index is 1.71. The third kappa shape index (κ3) is 3.69. The number of aryl methyl sites for hydroxylation is 5. The van der Waals surface area contributed by atoms with E-state index in [1.165, 1.54) is 16.7 Å². The number of fused-ring (bicyclic) bond motifs is 1. The highest BCUT2D eigenvalue weighted by molar-refractivity contribution is 5.78. The fourth-order valence-electron chi connectivity index (χ4n) is 3.17. The zero-order valence-electron chi connectivity index (χ0n) is 15.5. The largest absolute Gasteiger partial charge is 0.493 e. The lowest BCUT2D eigenvalue weighted by Gasteiger charge is -2.12. The molecule has 2 aromatic carbocycles. The number of aliphatic hydroxyl groups is 1. The molecule has 0 bridgehead atoms. The number of ether oxygens (including phenoxy) is 1. The summed E-state index contributed by atoms with van der Waals surface area (Å²) in [4.78, 5) is 4.57. The van der Waals surface area contributed by atoms with Crippen molar-refractivity contribution in [3.8, 4) is 5.75 Å². The molecule has 0 unspecified atom stereocenters. The number of nitrogens with zero attached hydrogens (tertiary/aromatic N) is 2. The van der Waals surface area contributed by atoms with Gasteiger partial charge < -0.3 is 14.4 Å². The van der Waals surface area contributed by atoms with Crippen molar-refractivity contribution in [1.82, 2.24) is 9.55 Å². The van der Waals surface area contributed by atoms with E-state index in [0.717, 1.165) is 35.3 Å².